The van der Waals surface area contributed by atoms with E-state index < -0.39 is 5.97 Å². The fourth-order valence-electron chi connectivity index (χ4n) is 2.93. The summed E-state index contributed by atoms with van der Waals surface area (Å²) in [6.07, 6.45) is 4.30. The summed E-state index contributed by atoms with van der Waals surface area (Å²) in [6.45, 7) is -0.0836. The number of nitrogens with zero attached hydrogens (tertiary/aromatic N) is 3. The lowest BCUT2D eigenvalue weighted by Gasteiger charge is -2.13. The number of benzene rings is 2. The molecule has 2 heterocycles. The van der Waals surface area contributed by atoms with Gasteiger partial charge >= 0.3 is 5.97 Å². The number of hydrogen-bond donors (Lipinski definition) is 0. The van der Waals surface area contributed by atoms with Crippen molar-refractivity contribution in [3.63, 3.8) is 0 Å². The SMILES string of the molecule is O=C(/C=C/c1cnc2ccccc2n1)OCCN1C(=O)c2ccccc2C1=O. The van der Waals surface area contributed by atoms with E-state index in [0.717, 1.165) is 15.9 Å². The Morgan fingerprint density at radius 1 is 0.964 bits per heavy atom. The molecular formula is C21H15N3O4. The minimum Gasteiger partial charge on any atom is -0.461 e. The molecule has 0 radical (unpaired) electrons. The van der Waals surface area contributed by atoms with Gasteiger partial charge in [0.15, 0.2) is 0 Å². The molecule has 7 heteroatoms. The number of amides is 2. The van der Waals surface area contributed by atoms with E-state index in [-0.39, 0.29) is 25.0 Å². The van der Waals surface area contributed by atoms with Crippen molar-refractivity contribution < 1.29 is 19.1 Å². The van der Waals surface area contributed by atoms with Crippen molar-refractivity contribution in [1.82, 2.24) is 14.9 Å². The lowest BCUT2D eigenvalue weighted by atomic mass is 10.1. The molecule has 1 aromatic heterocycles. The van der Waals surface area contributed by atoms with Crippen LogP contribution in [0.4, 0.5) is 0 Å². The van der Waals surface area contributed by atoms with Crippen molar-refractivity contribution in [3.8, 4) is 0 Å². The van der Waals surface area contributed by atoms with Gasteiger partial charge in [-0.1, -0.05) is 24.3 Å². The van der Waals surface area contributed by atoms with E-state index in [4.69, 9.17) is 4.74 Å². The third-order valence-corrected chi connectivity index (χ3v) is 4.29. The first-order valence-electron chi connectivity index (χ1n) is 8.65. The zero-order chi connectivity index (χ0) is 19.5. The fraction of sp³-hybridized carbons (Fsp3) is 0.0952. The summed E-state index contributed by atoms with van der Waals surface area (Å²) >= 11 is 0. The molecule has 0 spiro atoms. The van der Waals surface area contributed by atoms with Crippen LogP contribution < -0.4 is 0 Å². The van der Waals surface area contributed by atoms with Crippen molar-refractivity contribution in [2.75, 3.05) is 13.2 Å². The molecular weight excluding hydrogens is 358 g/mol. The van der Waals surface area contributed by atoms with Gasteiger partial charge in [-0.25, -0.2) is 9.78 Å². The Bertz CT molecular complexity index is 1090. The van der Waals surface area contributed by atoms with Gasteiger partial charge in [0.1, 0.15) is 6.61 Å². The number of carbonyl (C=O) groups is 3. The number of hydrogen-bond acceptors (Lipinski definition) is 6. The first kappa shape index (κ1) is 17.5. The van der Waals surface area contributed by atoms with E-state index in [1.54, 1.807) is 30.5 Å². The second-order valence-electron chi connectivity index (χ2n) is 6.09. The average Bonchev–Trinajstić information content (AvgIpc) is 2.97. The highest BCUT2D eigenvalue weighted by Crippen LogP contribution is 2.21. The maximum Gasteiger partial charge on any atom is 0.330 e. The zero-order valence-corrected chi connectivity index (χ0v) is 14.7. The predicted molar refractivity (Wildman–Crippen MR) is 101 cm³/mol. The number of esters is 1. The van der Waals surface area contributed by atoms with Gasteiger partial charge in [-0.2, -0.15) is 0 Å². The van der Waals surface area contributed by atoms with E-state index in [2.05, 4.69) is 9.97 Å². The number of fused-ring (bicyclic) bond motifs is 2. The summed E-state index contributed by atoms with van der Waals surface area (Å²) in [6, 6.07) is 14.0. The predicted octanol–water partition coefficient (Wildman–Crippen LogP) is 2.48. The highest BCUT2D eigenvalue weighted by atomic mass is 16.5. The Labute approximate surface area is 160 Å². The number of imide groups is 1. The minimum atomic E-state index is -0.591. The van der Waals surface area contributed by atoms with E-state index in [0.29, 0.717) is 16.8 Å². The maximum atomic E-state index is 12.2. The van der Waals surface area contributed by atoms with E-state index in [1.165, 1.54) is 12.2 Å². The monoisotopic (exact) mass is 373 g/mol. The van der Waals surface area contributed by atoms with Crippen molar-refractivity contribution in [3.05, 3.63) is 77.6 Å². The normalized spacial score (nSPS) is 13.4. The van der Waals surface area contributed by atoms with Gasteiger partial charge in [0.05, 0.1) is 40.6 Å². The first-order valence-corrected chi connectivity index (χ1v) is 8.65. The third kappa shape index (κ3) is 3.37. The Kier molecular flexibility index (Phi) is 4.63. The minimum absolute atomic E-state index is 0.00169. The van der Waals surface area contributed by atoms with Crippen LogP contribution in [0.2, 0.25) is 0 Å². The summed E-state index contributed by atoms with van der Waals surface area (Å²) in [5.74, 6) is -1.34. The Balaban J connectivity index is 1.33. The second kappa shape index (κ2) is 7.40. The summed E-state index contributed by atoms with van der Waals surface area (Å²) in [7, 11) is 0. The lowest BCUT2D eigenvalue weighted by molar-refractivity contribution is -0.137. The van der Waals surface area contributed by atoms with Crippen LogP contribution in [-0.4, -0.2) is 45.8 Å². The van der Waals surface area contributed by atoms with Crippen LogP contribution in [0.15, 0.2) is 60.8 Å². The first-order chi connectivity index (χ1) is 13.6. The molecule has 0 unspecified atom stereocenters. The van der Waals surface area contributed by atoms with E-state index in [9.17, 15) is 14.4 Å². The molecule has 0 bridgehead atoms. The lowest BCUT2D eigenvalue weighted by Crippen LogP contribution is -2.33. The smallest absolute Gasteiger partial charge is 0.330 e. The summed E-state index contributed by atoms with van der Waals surface area (Å²) in [4.78, 5) is 46.1. The fourth-order valence-corrected chi connectivity index (χ4v) is 2.93. The summed E-state index contributed by atoms with van der Waals surface area (Å²) in [5.41, 5.74) is 2.75. The number of ether oxygens (including phenoxy) is 1. The molecule has 0 saturated carbocycles. The summed E-state index contributed by atoms with van der Waals surface area (Å²) < 4.78 is 5.09. The molecule has 0 aliphatic carbocycles. The number of carbonyl (C=O) groups excluding carboxylic acids is 3. The molecule has 1 aliphatic rings. The average molecular weight is 373 g/mol. The standard InChI is InChI=1S/C21H15N3O4/c25-19(10-9-14-13-22-17-7-3-4-8-18(17)23-14)28-12-11-24-20(26)15-5-1-2-6-16(15)21(24)27/h1-10,13H,11-12H2/b10-9+. The van der Waals surface area contributed by atoms with Crippen LogP contribution in [0.1, 0.15) is 26.4 Å². The quantitative estimate of drug-likeness (QED) is 0.388. The molecule has 4 rings (SSSR count). The van der Waals surface area contributed by atoms with Gasteiger partial charge in [0.2, 0.25) is 0 Å². The van der Waals surface area contributed by atoms with Crippen LogP contribution in [0.5, 0.6) is 0 Å². The second-order valence-corrected chi connectivity index (χ2v) is 6.09. The highest BCUT2D eigenvalue weighted by Gasteiger charge is 2.34. The van der Waals surface area contributed by atoms with E-state index >= 15 is 0 Å². The topological polar surface area (TPSA) is 89.5 Å². The Morgan fingerprint density at radius 2 is 1.61 bits per heavy atom. The molecule has 138 valence electrons. The Hall–Kier alpha value is -3.87. The van der Waals surface area contributed by atoms with Crippen LogP contribution >= 0.6 is 0 Å². The van der Waals surface area contributed by atoms with Gasteiger partial charge in [-0.3, -0.25) is 19.5 Å². The van der Waals surface area contributed by atoms with Crippen molar-refractivity contribution in [1.29, 1.82) is 0 Å². The summed E-state index contributed by atoms with van der Waals surface area (Å²) in [5, 5.41) is 0. The number of aromatic nitrogens is 2. The zero-order valence-electron chi connectivity index (χ0n) is 14.7. The van der Waals surface area contributed by atoms with E-state index in [1.807, 2.05) is 24.3 Å². The van der Waals surface area contributed by atoms with Crippen molar-refractivity contribution in [2.24, 2.45) is 0 Å². The highest BCUT2D eigenvalue weighted by molar-refractivity contribution is 6.21. The molecule has 0 N–H and O–H groups in total. The van der Waals surface area contributed by atoms with Gasteiger partial charge in [0, 0.05) is 6.08 Å². The largest absolute Gasteiger partial charge is 0.461 e. The Morgan fingerprint density at radius 3 is 2.32 bits per heavy atom. The van der Waals surface area contributed by atoms with Crippen molar-refractivity contribution >= 4 is 34.9 Å². The van der Waals surface area contributed by atoms with Crippen LogP contribution in [-0.2, 0) is 9.53 Å². The maximum absolute atomic E-state index is 12.2. The molecule has 0 atom stereocenters. The molecule has 28 heavy (non-hydrogen) atoms. The van der Waals surface area contributed by atoms with Crippen molar-refractivity contribution in [2.45, 2.75) is 0 Å². The van der Waals surface area contributed by atoms with Gasteiger partial charge in [0.25, 0.3) is 11.8 Å². The van der Waals surface area contributed by atoms with Gasteiger partial charge < -0.3 is 4.74 Å². The van der Waals surface area contributed by atoms with Crippen LogP contribution in [0.3, 0.4) is 0 Å². The molecule has 7 nitrogen and oxygen atoms in total. The number of para-hydroxylation sites is 2. The number of rotatable bonds is 5. The van der Waals surface area contributed by atoms with Gasteiger partial charge in [-0.15, -0.1) is 0 Å². The molecule has 0 fully saturated rings. The molecule has 2 aromatic carbocycles. The molecule has 3 aromatic rings. The van der Waals surface area contributed by atoms with Crippen LogP contribution in [0.25, 0.3) is 17.1 Å². The molecule has 1 aliphatic heterocycles. The third-order valence-electron chi connectivity index (χ3n) is 4.29. The van der Waals surface area contributed by atoms with Crippen LogP contribution in [0, 0.1) is 0 Å². The van der Waals surface area contributed by atoms with Gasteiger partial charge in [-0.05, 0) is 30.3 Å². The molecule has 0 saturated heterocycles. The molecule has 2 amide bonds.